The van der Waals surface area contributed by atoms with Gasteiger partial charge in [-0.15, -0.1) is 0 Å². The van der Waals surface area contributed by atoms with Gasteiger partial charge in [-0.3, -0.25) is 4.79 Å². The van der Waals surface area contributed by atoms with Gasteiger partial charge in [-0.05, 0) is 43.5 Å². The first-order valence-electron chi connectivity index (χ1n) is 6.51. The maximum atomic E-state index is 13.4. The van der Waals surface area contributed by atoms with Crippen LogP contribution >= 0.6 is 0 Å². The van der Waals surface area contributed by atoms with Gasteiger partial charge in [0.05, 0.1) is 0 Å². The van der Waals surface area contributed by atoms with Crippen LogP contribution in [0.1, 0.15) is 25.3 Å². The van der Waals surface area contributed by atoms with Crippen molar-refractivity contribution in [3.8, 4) is 0 Å². The molecule has 1 unspecified atom stereocenters. The van der Waals surface area contributed by atoms with Crippen LogP contribution in [-0.4, -0.2) is 23.0 Å². The van der Waals surface area contributed by atoms with Crippen molar-refractivity contribution >= 4 is 11.9 Å². The van der Waals surface area contributed by atoms with E-state index in [4.69, 9.17) is 5.11 Å². The van der Waals surface area contributed by atoms with Crippen LogP contribution in [0.4, 0.5) is 8.78 Å². The summed E-state index contributed by atoms with van der Waals surface area (Å²) in [7, 11) is 0. The average Bonchev–Trinajstić information content (AvgIpc) is 2.44. The number of halogens is 2. The first-order valence-corrected chi connectivity index (χ1v) is 6.51. The molecule has 114 valence electrons. The highest BCUT2D eigenvalue weighted by Gasteiger charge is 2.18. The monoisotopic (exact) mass is 297 g/mol. The van der Waals surface area contributed by atoms with E-state index in [9.17, 15) is 18.4 Å². The lowest BCUT2D eigenvalue weighted by atomic mass is 10.1. The lowest BCUT2D eigenvalue weighted by Gasteiger charge is -2.12. The van der Waals surface area contributed by atoms with Crippen molar-refractivity contribution in [1.29, 1.82) is 0 Å². The number of carbonyl (C=O) groups excluding carboxylic acids is 1. The van der Waals surface area contributed by atoms with Crippen molar-refractivity contribution in [3.05, 3.63) is 47.5 Å². The summed E-state index contributed by atoms with van der Waals surface area (Å²) in [6, 6.07) is 1.99. The summed E-state index contributed by atoms with van der Waals surface area (Å²) in [5.74, 6) is -2.83. The van der Waals surface area contributed by atoms with Crippen molar-refractivity contribution in [1.82, 2.24) is 5.32 Å². The van der Waals surface area contributed by atoms with Crippen LogP contribution in [0.5, 0.6) is 0 Å². The standard InChI is InChI=1S/C15H17F2NO3/c1-2-3-4-13(15(20)21)18-14(19)8-5-10-9-11(16)6-7-12(10)17/h2-3,6-7,9,13H,4-5,8H2,1H3,(H,18,19)(H,20,21)/b3-2+. The van der Waals surface area contributed by atoms with E-state index in [1.165, 1.54) is 0 Å². The van der Waals surface area contributed by atoms with Gasteiger partial charge in [-0.1, -0.05) is 12.2 Å². The summed E-state index contributed by atoms with van der Waals surface area (Å²) in [6.45, 7) is 1.74. The fourth-order valence-electron chi connectivity index (χ4n) is 1.74. The minimum Gasteiger partial charge on any atom is -0.480 e. The number of carboxylic acid groups (broad SMARTS) is 1. The van der Waals surface area contributed by atoms with Crippen LogP contribution in [0.3, 0.4) is 0 Å². The molecular formula is C15H17F2NO3. The number of nitrogens with one attached hydrogen (secondary N) is 1. The van der Waals surface area contributed by atoms with Gasteiger partial charge in [0, 0.05) is 6.42 Å². The Morgan fingerprint density at radius 1 is 1.38 bits per heavy atom. The third kappa shape index (κ3) is 5.72. The summed E-state index contributed by atoms with van der Waals surface area (Å²) in [4.78, 5) is 22.6. The molecule has 21 heavy (non-hydrogen) atoms. The molecule has 0 fully saturated rings. The molecule has 1 amide bonds. The lowest BCUT2D eigenvalue weighted by Crippen LogP contribution is -2.40. The third-order valence-corrected chi connectivity index (χ3v) is 2.87. The van der Waals surface area contributed by atoms with Crippen LogP contribution in [0.2, 0.25) is 0 Å². The van der Waals surface area contributed by atoms with E-state index in [0.29, 0.717) is 0 Å². The van der Waals surface area contributed by atoms with Crippen molar-refractivity contribution in [3.63, 3.8) is 0 Å². The molecule has 1 aromatic carbocycles. The minimum atomic E-state index is -1.14. The molecular weight excluding hydrogens is 280 g/mol. The number of hydrogen-bond acceptors (Lipinski definition) is 2. The highest BCUT2D eigenvalue weighted by molar-refractivity contribution is 5.83. The summed E-state index contributed by atoms with van der Waals surface area (Å²) in [5, 5.41) is 11.3. The molecule has 1 aromatic rings. The fourth-order valence-corrected chi connectivity index (χ4v) is 1.74. The molecule has 1 atom stereocenters. The number of aryl methyl sites for hydroxylation is 1. The van der Waals surface area contributed by atoms with Crippen LogP contribution in [0.15, 0.2) is 30.4 Å². The van der Waals surface area contributed by atoms with Gasteiger partial charge in [-0.2, -0.15) is 0 Å². The zero-order valence-corrected chi connectivity index (χ0v) is 11.6. The average molecular weight is 297 g/mol. The van der Waals surface area contributed by atoms with E-state index in [1.54, 1.807) is 19.1 Å². The van der Waals surface area contributed by atoms with Gasteiger partial charge in [0.1, 0.15) is 17.7 Å². The Morgan fingerprint density at radius 2 is 2.10 bits per heavy atom. The molecule has 0 spiro atoms. The molecule has 0 aliphatic carbocycles. The fraction of sp³-hybridized carbons (Fsp3) is 0.333. The Balaban J connectivity index is 2.56. The predicted molar refractivity (Wildman–Crippen MR) is 73.7 cm³/mol. The van der Waals surface area contributed by atoms with Crippen molar-refractivity contribution in [2.75, 3.05) is 0 Å². The summed E-state index contributed by atoms with van der Waals surface area (Å²) >= 11 is 0. The minimum absolute atomic E-state index is 0.00534. The molecule has 0 saturated heterocycles. The van der Waals surface area contributed by atoms with Crippen molar-refractivity contribution < 1.29 is 23.5 Å². The van der Waals surface area contributed by atoms with Gasteiger partial charge in [0.25, 0.3) is 0 Å². The summed E-state index contributed by atoms with van der Waals surface area (Å²) in [6.07, 6.45) is 3.38. The third-order valence-electron chi connectivity index (χ3n) is 2.87. The zero-order valence-electron chi connectivity index (χ0n) is 11.6. The second-order valence-electron chi connectivity index (χ2n) is 4.50. The maximum Gasteiger partial charge on any atom is 0.326 e. The van der Waals surface area contributed by atoms with Crippen LogP contribution in [0, 0.1) is 11.6 Å². The lowest BCUT2D eigenvalue weighted by molar-refractivity contribution is -0.141. The van der Waals surface area contributed by atoms with E-state index >= 15 is 0 Å². The van der Waals surface area contributed by atoms with E-state index < -0.39 is 29.6 Å². The highest BCUT2D eigenvalue weighted by atomic mass is 19.1. The highest BCUT2D eigenvalue weighted by Crippen LogP contribution is 2.11. The number of rotatable bonds is 7. The quantitative estimate of drug-likeness (QED) is 0.760. The van der Waals surface area contributed by atoms with Gasteiger partial charge >= 0.3 is 5.97 Å². The molecule has 0 aliphatic rings. The molecule has 0 aromatic heterocycles. The Morgan fingerprint density at radius 3 is 2.71 bits per heavy atom. The van der Waals surface area contributed by atoms with Gasteiger partial charge in [-0.25, -0.2) is 13.6 Å². The van der Waals surface area contributed by atoms with E-state index in [-0.39, 0.29) is 24.8 Å². The van der Waals surface area contributed by atoms with Crippen LogP contribution in [-0.2, 0) is 16.0 Å². The van der Waals surface area contributed by atoms with Crippen LogP contribution in [0.25, 0.3) is 0 Å². The number of hydrogen-bond donors (Lipinski definition) is 2. The van der Waals surface area contributed by atoms with E-state index in [2.05, 4.69) is 5.32 Å². The maximum absolute atomic E-state index is 13.4. The molecule has 0 heterocycles. The largest absolute Gasteiger partial charge is 0.480 e. The number of carboxylic acids is 1. The van der Waals surface area contributed by atoms with Gasteiger partial charge in [0.15, 0.2) is 0 Å². The molecule has 0 bridgehead atoms. The normalized spacial score (nSPS) is 12.3. The number of carbonyl (C=O) groups is 2. The molecule has 0 aliphatic heterocycles. The SMILES string of the molecule is C/C=C/CC(NC(=O)CCc1cc(F)ccc1F)C(=O)O. The van der Waals surface area contributed by atoms with E-state index in [0.717, 1.165) is 18.2 Å². The molecule has 0 radical (unpaired) electrons. The Bertz CT molecular complexity index is 544. The number of benzene rings is 1. The smallest absolute Gasteiger partial charge is 0.326 e. The van der Waals surface area contributed by atoms with Gasteiger partial charge < -0.3 is 10.4 Å². The number of allylic oxidation sites excluding steroid dienone is 1. The molecule has 6 heteroatoms. The second kappa shape index (κ2) is 8.14. The zero-order chi connectivity index (χ0) is 15.8. The molecule has 4 nitrogen and oxygen atoms in total. The Hall–Kier alpha value is -2.24. The number of amides is 1. The number of aliphatic carboxylic acids is 1. The summed E-state index contributed by atoms with van der Waals surface area (Å²) in [5.41, 5.74) is 0.0884. The van der Waals surface area contributed by atoms with Crippen molar-refractivity contribution in [2.45, 2.75) is 32.2 Å². The molecule has 2 N–H and O–H groups in total. The second-order valence-corrected chi connectivity index (χ2v) is 4.50. The topological polar surface area (TPSA) is 66.4 Å². The van der Waals surface area contributed by atoms with Crippen molar-refractivity contribution in [2.24, 2.45) is 0 Å². The Labute approximate surface area is 121 Å². The first-order chi connectivity index (χ1) is 9.93. The molecule has 0 saturated carbocycles. The summed E-state index contributed by atoms with van der Waals surface area (Å²) < 4.78 is 26.4. The van der Waals surface area contributed by atoms with Gasteiger partial charge in [0.2, 0.25) is 5.91 Å². The molecule has 1 rings (SSSR count). The first kappa shape index (κ1) is 16.8. The Kier molecular flexibility index (Phi) is 6.52. The predicted octanol–water partition coefficient (Wildman–Crippen LogP) is 2.43. The van der Waals surface area contributed by atoms with Crippen LogP contribution < -0.4 is 5.32 Å². The van der Waals surface area contributed by atoms with E-state index in [1.807, 2.05) is 0 Å².